The van der Waals surface area contributed by atoms with Gasteiger partial charge in [0, 0.05) is 10.7 Å². The maximum Gasteiger partial charge on any atom is 0.279 e. The van der Waals surface area contributed by atoms with E-state index in [1.54, 1.807) is 12.3 Å². The van der Waals surface area contributed by atoms with E-state index in [4.69, 9.17) is 10.00 Å². The molecule has 2 heterocycles. The second kappa shape index (κ2) is 5.92. The van der Waals surface area contributed by atoms with Gasteiger partial charge in [0.25, 0.3) is 5.56 Å². The molecule has 0 N–H and O–H groups in total. The summed E-state index contributed by atoms with van der Waals surface area (Å²) >= 11 is 3.30. The second-order valence-corrected chi connectivity index (χ2v) is 5.94. The first-order chi connectivity index (χ1) is 10.2. The van der Waals surface area contributed by atoms with Gasteiger partial charge in [-0.3, -0.25) is 9.36 Å². The summed E-state index contributed by atoms with van der Waals surface area (Å²) in [5, 5.41) is 8.99. The maximum atomic E-state index is 12.3. The zero-order valence-corrected chi connectivity index (χ0v) is 12.8. The van der Waals surface area contributed by atoms with E-state index in [0.717, 1.165) is 17.3 Å². The van der Waals surface area contributed by atoms with Crippen LogP contribution in [-0.4, -0.2) is 27.2 Å². The van der Waals surface area contributed by atoms with Crippen molar-refractivity contribution in [3.05, 3.63) is 33.4 Å². The van der Waals surface area contributed by atoms with Crippen LogP contribution in [0.4, 0.5) is 0 Å². The summed E-state index contributed by atoms with van der Waals surface area (Å²) < 4.78 is 7.77. The maximum absolute atomic E-state index is 12.3. The normalized spacial score (nSPS) is 15.8. The van der Waals surface area contributed by atoms with Gasteiger partial charge in [-0.15, -0.1) is 0 Å². The fourth-order valence-electron chi connectivity index (χ4n) is 2.13. The van der Waals surface area contributed by atoms with Gasteiger partial charge in [-0.2, -0.15) is 5.26 Å². The fraction of sp³-hybridized carbons (Fsp3) is 0.429. The lowest BCUT2D eigenvalue weighted by molar-refractivity contribution is 0.0693. The molecular weight excluding hydrogens is 336 g/mol. The lowest BCUT2D eigenvalue weighted by atomic mass is 10.2. The zero-order valence-electron chi connectivity index (χ0n) is 11.2. The van der Waals surface area contributed by atoms with Crippen molar-refractivity contribution in [3.63, 3.8) is 0 Å². The third-order valence-electron chi connectivity index (χ3n) is 3.44. The Morgan fingerprint density at radius 3 is 3.05 bits per heavy atom. The van der Waals surface area contributed by atoms with Crippen molar-refractivity contribution < 1.29 is 4.74 Å². The molecule has 1 unspecified atom stereocenters. The number of nitrogens with zero attached hydrogens (tertiary/aromatic N) is 4. The molecule has 1 atom stereocenters. The van der Waals surface area contributed by atoms with Gasteiger partial charge in [0.1, 0.15) is 6.10 Å². The summed E-state index contributed by atoms with van der Waals surface area (Å²) in [7, 11) is 0. The van der Waals surface area contributed by atoms with Gasteiger partial charge in [-0.05, 0) is 40.8 Å². The molecule has 1 saturated carbocycles. The monoisotopic (exact) mass is 348 g/mol. The van der Waals surface area contributed by atoms with E-state index in [1.165, 1.54) is 10.9 Å². The van der Waals surface area contributed by atoms with Crippen LogP contribution in [-0.2, 0) is 11.3 Å². The predicted molar refractivity (Wildman–Crippen MR) is 79.6 cm³/mol. The highest BCUT2D eigenvalue weighted by Gasteiger charge is 2.31. The summed E-state index contributed by atoms with van der Waals surface area (Å²) in [4.78, 5) is 20.6. The molecule has 0 spiro atoms. The quantitative estimate of drug-likeness (QED) is 0.823. The van der Waals surface area contributed by atoms with Crippen LogP contribution < -0.4 is 5.56 Å². The van der Waals surface area contributed by atoms with Crippen molar-refractivity contribution in [2.45, 2.75) is 25.5 Å². The molecule has 0 saturated heterocycles. The van der Waals surface area contributed by atoms with Gasteiger partial charge in [-0.1, -0.05) is 0 Å². The summed E-state index contributed by atoms with van der Waals surface area (Å²) in [5.41, 5.74) is 0.690. The van der Waals surface area contributed by atoms with E-state index < -0.39 is 0 Å². The fourth-order valence-corrected chi connectivity index (χ4v) is 2.45. The standard InChI is InChI=1S/C14H13BrN4O2/c15-10-5-11-13(17-7-10)14(20)19(8-18-11)3-4-21-12(6-16)9-1-2-9/h5,7-9,12H,1-4H2. The lowest BCUT2D eigenvalue weighted by Gasteiger charge is -2.10. The van der Waals surface area contributed by atoms with Crippen LogP contribution in [0.5, 0.6) is 0 Å². The molecular formula is C14H13BrN4O2. The largest absolute Gasteiger partial charge is 0.361 e. The first-order valence-corrected chi connectivity index (χ1v) is 7.50. The molecule has 3 rings (SSSR count). The van der Waals surface area contributed by atoms with Crippen LogP contribution in [0.25, 0.3) is 11.0 Å². The van der Waals surface area contributed by atoms with E-state index in [-0.39, 0.29) is 11.7 Å². The number of aromatic nitrogens is 3. The van der Waals surface area contributed by atoms with Crippen molar-refractivity contribution in [2.75, 3.05) is 6.61 Å². The van der Waals surface area contributed by atoms with E-state index in [9.17, 15) is 4.79 Å². The zero-order chi connectivity index (χ0) is 14.8. The molecule has 0 aromatic carbocycles. The Hall–Kier alpha value is -1.78. The van der Waals surface area contributed by atoms with Crippen molar-refractivity contribution in [1.29, 1.82) is 5.26 Å². The minimum absolute atomic E-state index is 0.198. The molecule has 0 bridgehead atoms. The van der Waals surface area contributed by atoms with E-state index in [2.05, 4.69) is 32.0 Å². The third kappa shape index (κ3) is 3.12. The molecule has 0 radical (unpaired) electrons. The average Bonchev–Trinajstić information content (AvgIpc) is 3.30. The molecule has 0 aliphatic heterocycles. The Bertz CT molecular complexity index is 764. The Morgan fingerprint density at radius 2 is 2.33 bits per heavy atom. The van der Waals surface area contributed by atoms with Crippen LogP contribution in [0.15, 0.2) is 27.9 Å². The minimum atomic E-state index is -0.358. The lowest BCUT2D eigenvalue weighted by Crippen LogP contribution is -2.25. The Labute approximate surface area is 129 Å². The molecule has 7 heteroatoms. The number of pyridine rings is 1. The summed E-state index contributed by atoms with van der Waals surface area (Å²) in [6.07, 6.45) is 4.80. The van der Waals surface area contributed by atoms with Crippen LogP contribution in [0, 0.1) is 17.2 Å². The molecule has 1 aliphatic carbocycles. The molecule has 1 aliphatic rings. The van der Waals surface area contributed by atoms with E-state index in [0.29, 0.717) is 30.1 Å². The van der Waals surface area contributed by atoms with Crippen LogP contribution in [0.1, 0.15) is 12.8 Å². The van der Waals surface area contributed by atoms with Crippen molar-refractivity contribution in [2.24, 2.45) is 5.92 Å². The highest BCUT2D eigenvalue weighted by atomic mass is 79.9. The number of rotatable bonds is 5. The molecule has 6 nitrogen and oxygen atoms in total. The van der Waals surface area contributed by atoms with Crippen LogP contribution >= 0.6 is 15.9 Å². The van der Waals surface area contributed by atoms with Crippen LogP contribution in [0.3, 0.4) is 0 Å². The number of ether oxygens (including phenoxy) is 1. The van der Waals surface area contributed by atoms with Crippen molar-refractivity contribution >= 4 is 27.0 Å². The first-order valence-electron chi connectivity index (χ1n) is 6.71. The van der Waals surface area contributed by atoms with Gasteiger partial charge in [0.15, 0.2) is 5.52 Å². The molecule has 0 amide bonds. The van der Waals surface area contributed by atoms with Crippen molar-refractivity contribution in [1.82, 2.24) is 14.5 Å². The number of nitriles is 1. The molecule has 21 heavy (non-hydrogen) atoms. The van der Waals surface area contributed by atoms with E-state index >= 15 is 0 Å². The third-order valence-corrected chi connectivity index (χ3v) is 3.87. The minimum Gasteiger partial charge on any atom is -0.361 e. The number of fused-ring (bicyclic) bond motifs is 1. The van der Waals surface area contributed by atoms with Crippen molar-refractivity contribution in [3.8, 4) is 6.07 Å². The second-order valence-electron chi connectivity index (χ2n) is 5.02. The Kier molecular flexibility index (Phi) is 3.99. The molecule has 2 aromatic rings. The van der Waals surface area contributed by atoms with E-state index in [1.807, 2.05) is 0 Å². The highest BCUT2D eigenvalue weighted by molar-refractivity contribution is 9.10. The topological polar surface area (TPSA) is 80.8 Å². The summed E-state index contributed by atoms with van der Waals surface area (Å²) in [6, 6.07) is 3.91. The van der Waals surface area contributed by atoms with Gasteiger partial charge in [0.05, 0.1) is 31.1 Å². The first kappa shape index (κ1) is 14.2. The molecule has 108 valence electrons. The van der Waals surface area contributed by atoms with Gasteiger partial charge < -0.3 is 4.74 Å². The molecule has 2 aromatic heterocycles. The van der Waals surface area contributed by atoms with Gasteiger partial charge >= 0.3 is 0 Å². The predicted octanol–water partition coefficient (Wildman–Crippen LogP) is 1.87. The summed E-state index contributed by atoms with van der Waals surface area (Å²) in [6.45, 7) is 0.683. The SMILES string of the molecule is N#CC(OCCn1cnc2cc(Br)cnc2c1=O)C1CC1. The number of halogens is 1. The highest BCUT2D eigenvalue weighted by Crippen LogP contribution is 2.33. The summed E-state index contributed by atoms with van der Waals surface area (Å²) in [5.74, 6) is 0.362. The van der Waals surface area contributed by atoms with Crippen LogP contribution in [0.2, 0.25) is 0 Å². The number of hydrogen-bond donors (Lipinski definition) is 0. The van der Waals surface area contributed by atoms with Gasteiger partial charge in [-0.25, -0.2) is 9.97 Å². The average molecular weight is 349 g/mol. The Balaban J connectivity index is 1.72. The Morgan fingerprint density at radius 1 is 1.52 bits per heavy atom. The van der Waals surface area contributed by atoms with Gasteiger partial charge in [0.2, 0.25) is 0 Å². The molecule has 1 fully saturated rings. The number of hydrogen-bond acceptors (Lipinski definition) is 5. The smallest absolute Gasteiger partial charge is 0.279 e.